The minimum atomic E-state index is -0.269. The normalized spacial score (nSPS) is 18.3. The fourth-order valence-electron chi connectivity index (χ4n) is 4.84. The zero-order chi connectivity index (χ0) is 22.9. The number of aromatic nitrogens is 2. The van der Waals surface area contributed by atoms with Crippen molar-refractivity contribution in [1.29, 1.82) is 0 Å². The first kappa shape index (κ1) is 21.4. The Bertz CT molecular complexity index is 1170. The third-order valence-corrected chi connectivity index (χ3v) is 6.63. The summed E-state index contributed by atoms with van der Waals surface area (Å²) in [4.78, 5) is 27.0. The topological polar surface area (TPSA) is 58.6 Å². The molecule has 0 N–H and O–H groups in total. The van der Waals surface area contributed by atoms with E-state index in [9.17, 15) is 9.18 Å². The van der Waals surface area contributed by atoms with E-state index in [0.29, 0.717) is 24.4 Å². The Hall–Kier alpha value is -3.48. The maximum Gasteiger partial charge on any atom is 0.225 e. The number of piperazine rings is 1. The molecule has 2 heterocycles. The van der Waals surface area contributed by atoms with Gasteiger partial charge in [0.25, 0.3) is 0 Å². The monoisotopic (exact) mass is 446 g/mol. The van der Waals surface area contributed by atoms with Crippen molar-refractivity contribution in [3.05, 3.63) is 76.9 Å². The van der Waals surface area contributed by atoms with Crippen LogP contribution < -0.4 is 14.5 Å². The Labute approximate surface area is 193 Å². The molecule has 1 aromatic heterocycles. The van der Waals surface area contributed by atoms with Crippen LogP contribution in [-0.4, -0.2) is 49.0 Å². The van der Waals surface area contributed by atoms with Crippen LogP contribution in [0.15, 0.2) is 48.5 Å². The van der Waals surface area contributed by atoms with Crippen LogP contribution in [0.25, 0.3) is 0 Å². The lowest BCUT2D eigenvalue weighted by molar-refractivity contribution is 0.0962. The van der Waals surface area contributed by atoms with Crippen molar-refractivity contribution in [3.63, 3.8) is 0 Å². The number of nitrogens with zero attached hydrogens (tertiary/aromatic N) is 4. The van der Waals surface area contributed by atoms with Gasteiger partial charge in [-0.05, 0) is 49.1 Å². The quantitative estimate of drug-likeness (QED) is 0.600. The maximum atomic E-state index is 13.4. The van der Waals surface area contributed by atoms with E-state index in [2.05, 4.69) is 21.9 Å². The summed E-state index contributed by atoms with van der Waals surface area (Å²) in [6.45, 7) is 5.19. The Morgan fingerprint density at radius 2 is 1.70 bits per heavy atom. The molecule has 1 unspecified atom stereocenters. The van der Waals surface area contributed by atoms with E-state index in [1.54, 1.807) is 19.2 Å². The summed E-state index contributed by atoms with van der Waals surface area (Å²) in [6, 6.07) is 14.5. The van der Waals surface area contributed by atoms with E-state index in [-0.39, 0.29) is 17.5 Å². The Morgan fingerprint density at radius 1 is 0.970 bits per heavy atom. The lowest BCUT2D eigenvalue weighted by Crippen LogP contribution is -2.47. The number of ketones is 1. The Balaban J connectivity index is 1.34. The molecule has 1 saturated heterocycles. The van der Waals surface area contributed by atoms with Gasteiger partial charge in [-0.25, -0.2) is 14.4 Å². The van der Waals surface area contributed by atoms with Crippen molar-refractivity contribution in [2.24, 2.45) is 0 Å². The summed E-state index contributed by atoms with van der Waals surface area (Å²) < 4.78 is 18.7. The summed E-state index contributed by atoms with van der Waals surface area (Å²) in [7, 11) is 1.68. The molecule has 6 nitrogen and oxygen atoms in total. The summed E-state index contributed by atoms with van der Waals surface area (Å²) in [5, 5.41) is 0. The van der Waals surface area contributed by atoms with E-state index >= 15 is 0 Å². The van der Waals surface area contributed by atoms with Crippen molar-refractivity contribution in [2.75, 3.05) is 43.1 Å². The number of carbonyl (C=O) groups is 1. The third-order valence-electron chi connectivity index (χ3n) is 6.63. The Kier molecular flexibility index (Phi) is 5.70. The van der Waals surface area contributed by atoms with Gasteiger partial charge in [0, 0.05) is 44.4 Å². The minimum absolute atomic E-state index is 0.0117. The lowest BCUT2D eigenvalue weighted by Gasteiger charge is -2.36. The van der Waals surface area contributed by atoms with Gasteiger partial charge in [-0.1, -0.05) is 18.2 Å². The van der Waals surface area contributed by atoms with Gasteiger partial charge < -0.3 is 14.5 Å². The van der Waals surface area contributed by atoms with Crippen molar-refractivity contribution >= 4 is 17.4 Å². The molecule has 7 heteroatoms. The number of hydrogen-bond acceptors (Lipinski definition) is 6. The van der Waals surface area contributed by atoms with Crippen LogP contribution in [-0.2, 0) is 6.42 Å². The van der Waals surface area contributed by atoms with Gasteiger partial charge >= 0.3 is 0 Å². The number of fused-ring (bicyclic) bond motifs is 1. The first-order chi connectivity index (χ1) is 16.0. The molecular formula is C26H27FN4O2. The van der Waals surface area contributed by atoms with Gasteiger partial charge in [0.05, 0.1) is 24.1 Å². The lowest BCUT2D eigenvalue weighted by atomic mass is 9.81. The second-order valence-electron chi connectivity index (χ2n) is 8.69. The van der Waals surface area contributed by atoms with E-state index < -0.39 is 0 Å². The molecule has 0 bridgehead atoms. The second-order valence-corrected chi connectivity index (χ2v) is 8.69. The van der Waals surface area contributed by atoms with Crippen LogP contribution in [0.5, 0.6) is 5.75 Å². The number of aryl methyl sites for hydroxylation is 1. The van der Waals surface area contributed by atoms with Crippen LogP contribution in [0, 0.1) is 12.7 Å². The van der Waals surface area contributed by atoms with Gasteiger partial charge in [-0.15, -0.1) is 0 Å². The number of rotatable bonds is 4. The Morgan fingerprint density at radius 3 is 2.42 bits per heavy atom. The molecular weight excluding hydrogens is 419 g/mol. The first-order valence-electron chi connectivity index (χ1n) is 11.3. The SMILES string of the molecule is COc1cccc(N2CCN(c3nc(C)c4c(n3)CC(c3ccc(F)cc3)CC4=O)CC2)c1. The second kappa shape index (κ2) is 8.81. The summed E-state index contributed by atoms with van der Waals surface area (Å²) in [5.74, 6) is 1.35. The number of Topliss-reactive ketones (excluding diaryl/α,β-unsaturated/α-hetero) is 1. The predicted octanol–water partition coefficient (Wildman–Crippen LogP) is 4.17. The average molecular weight is 447 g/mol. The van der Waals surface area contributed by atoms with E-state index in [1.807, 2.05) is 19.1 Å². The van der Waals surface area contributed by atoms with Crippen molar-refractivity contribution in [3.8, 4) is 5.75 Å². The standard InChI is InChI=1S/C26H27FN4O2/c1-17-25-23(14-19(15-24(25)32)18-6-8-20(27)9-7-18)29-26(28-17)31-12-10-30(11-13-31)21-4-3-5-22(16-21)33-2/h3-9,16,19H,10-15H2,1-2H3. The number of methoxy groups -OCH3 is 1. The fraction of sp³-hybridized carbons (Fsp3) is 0.346. The van der Waals surface area contributed by atoms with Crippen LogP contribution in [0.3, 0.4) is 0 Å². The molecule has 1 aliphatic carbocycles. The summed E-state index contributed by atoms with van der Waals surface area (Å²) in [6.07, 6.45) is 1.06. The molecule has 0 amide bonds. The molecule has 3 aromatic rings. The minimum Gasteiger partial charge on any atom is -0.497 e. The average Bonchev–Trinajstić information content (AvgIpc) is 2.84. The van der Waals surface area contributed by atoms with Gasteiger partial charge in [0.1, 0.15) is 11.6 Å². The highest BCUT2D eigenvalue weighted by Gasteiger charge is 2.31. The zero-order valence-corrected chi connectivity index (χ0v) is 18.9. The fourth-order valence-corrected chi connectivity index (χ4v) is 4.84. The highest BCUT2D eigenvalue weighted by molar-refractivity contribution is 5.99. The summed E-state index contributed by atoms with van der Waals surface area (Å²) in [5.41, 5.74) is 4.32. The highest BCUT2D eigenvalue weighted by atomic mass is 19.1. The molecule has 5 rings (SSSR count). The molecule has 33 heavy (non-hydrogen) atoms. The van der Waals surface area contributed by atoms with Gasteiger partial charge in [-0.3, -0.25) is 4.79 Å². The van der Waals surface area contributed by atoms with Gasteiger partial charge in [0.2, 0.25) is 5.95 Å². The van der Waals surface area contributed by atoms with Crippen LogP contribution >= 0.6 is 0 Å². The van der Waals surface area contributed by atoms with Gasteiger partial charge in [-0.2, -0.15) is 0 Å². The third kappa shape index (κ3) is 4.27. The molecule has 1 atom stereocenters. The smallest absolute Gasteiger partial charge is 0.225 e. The zero-order valence-electron chi connectivity index (χ0n) is 18.9. The molecule has 0 radical (unpaired) electrons. The number of ether oxygens (including phenoxy) is 1. The highest BCUT2D eigenvalue weighted by Crippen LogP contribution is 2.34. The molecule has 170 valence electrons. The largest absolute Gasteiger partial charge is 0.497 e. The van der Waals surface area contributed by atoms with E-state index in [0.717, 1.165) is 54.6 Å². The number of halogens is 1. The number of carbonyl (C=O) groups excluding carboxylic acids is 1. The molecule has 1 aliphatic heterocycles. The van der Waals surface area contributed by atoms with E-state index in [4.69, 9.17) is 14.7 Å². The maximum absolute atomic E-state index is 13.4. The van der Waals surface area contributed by atoms with Crippen molar-refractivity contribution in [2.45, 2.75) is 25.7 Å². The molecule has 2 aromatic carbocycles. The molecule has 0 saturated carbocycles. The predicted molar refractivity (Wildman–Crippen MR) is 126 cm³/mol. The summed E-state index contributed by atoms with van der Waals surface area (Å²) >= 11 is 0. The molecule has 1 fully saturated rings. The van der Waals surface area contributed by atoms with Crippen LogP contribution in [0.4, 0.5) is 16.0 Å². The molecule has 2 aliphatic rings. The number of benzene rings is 2. The number of hydrogen-bond donors (Lipinski definition) is 0. The van der Waals surface area contributed by atoms with Crippen LogP contribution in [0.2, 0.25) is 0 Å². The van der Waals surface area contributed by atoms with E-state index in [1.165, 1.54) is 12.1 Å². The van der Waals surface area contributed by atoms with Crippen molar-refractivity contribution in [1.82, 2.24) is 9.97 Å². The van der Waals surface area contributed by atoms with Crippen LogP contribution in [0.1, 0.15) is 39.6 Å². The molecule has 0 spiro atoms. The van der Waals surface area contributed by atoms with Gasteiger partial charge in [0.15, 0.2) is 5.78 Å². The van der Waals surface area contributed by atoms with Crippen molar-refractivity contribution < 1.29 is 13.9 Å². The number of anilines is 2. The first-order valence-corrected chi connectivity index (χ1v) is 11.3.